The minimum absolute atomic E-state index is 0. The Morgan fingerprint density at radius 1 is 1.00 bits per heavy atom. The van der Waals surface area contributed by atoms with Crippen LogP contribution in [0.3, 0.4) is 0 Å². The second-order valence-corrected chi connectivity index (χ2v) is 6.32. The summed E-state index contributed by atoms with van der Waals surface area (Å²) in [6.45, 7) is 4.20. The molecule has 3 rings (SSSR count). The smallest absolute Gasteiger partial charge is 0.239 e. The highest BCUT2D eigenvalue weighted by Gasteiger charge is 2.13. The third-order valence-electron chi connectivity index (χ3n) is 4.20. The number of hydrogen-bond donors (Lipinski definition) is 3. The number of guanidine groups is 1. The van der Waals surface area contributed by atoms with Crippen LogP contribution in [0.5, 0.6) is 11.5 Å². The molecule has 0 saturated heterocycles. The number of carbonyl (C=O) groups excluding carboxylic acids is 1. The number of benzene rings is 2. The van der Waals surface area contributed by atoms with Crippen molar-refractivity contribution in [3.63, 3.8) is 0 Å². The van der Waals surface area contributed by atoms with Crippen LogP contribution in [0.25, 0.3) is 0 Å². The van der Waals surface area contributed by atoms with Crippen LogP contribution in [0.4, 0.5) is 0 Å². The second kappa shape index (κ2) is 12.2. The predicted octanol–water partition coefficient (Wildman–Crippen LogP) is 2.45. The van der Waals surface area contributed by atoms with Crippen molar-refractivity contribution < 1.29 is 14.3 Å². The number of ether oxygens (including phenoxy) is 2. The maximum Gasteiger partial charge on any atom is 0.239 e. The average Bonchev–Trinajstić information content (AvgIpc) is 3.19. The zero-order valence-electron chi connectivity index (χ0n) is 16.4. The van der Waals surface area contributed by atoms with Gasteiger partial charge >= 0.3 is 0 Å². The van der Waals surface area contributed by atoms with Crippen LogP contribution in [0.1, 0.15) is 18.1 Å². The molecule has 0 unspecified atom stereocenters. The first-order chi connectivity index (χ1) is 13.7. The quantitative estimate of drug-likeness (QED) is 0.289. The summed E-state index contributed by atoms with van der Waals surface area (Å²) in [7, 11) is 0. The van der Waals surface area contributed by atoms with E-state index in [1.807, 2.05) is 43.3 Å². The van der Waals surface area contributed by atoms with Gasteiger partial charge in [0, 0.05) is 13.1 Å². The fourth-order valence-corrected chi connectivity index (χ4v) is 2.77. The molecular formula is C21H27IN4O3. The van der Waals surface area contributed by atoms with E-state index < -0.39 is 0 Å². The number of rotatable bonds is 8. The van der Waals surface area contributed by atoms with Crippen LogP contribution in [0, 0.1) is 0 Å². The van der Waals surface area contributed by atoms with Crippen molar-refractivity contribution in [1.29, 1.82) is 0 Å². The Morgan fingerprint density at radius 3 is 2.59 bits per heavy atom. The van der Waals surface area contributed by atoms with Gasteiger partial charge in [-0.3, -0.25) is 4.79 Å². The molecule has 0 radical (unpaired) electrons. The lowest BCUT2D eigenvalue weighted by molar-refractivity contribution is -0.119. The lowest BCUT2D eigenvalue weighted by Gasteiger charge is -2.11. The van der Waals surface area contributed by atoms with Gasteiger partial charge < -0.3 is 25.4 Å². The molecule has 1 heterocycles. The van der Waals surface area contributed by atoms with Crippen LogP contribution >= 0.6 is 24.0 Å². The number of nitrogens with zero attached hydrogens (tertiary/aromatic N) is 1. The van der Waals surface area contributed by atoms with Crippen LogP contribution in [-0.2, 0) is 17.8 Å². The van der Waals surface area contributed by atoms with Crippen LogP contribution in [-0.4, -0.2) is 38.3 Å². The Hall–Kier alpha value is -2.49. The lowest BCUT2D eigenvalue weighted by atomic mass is 10.1. The number of halogens is 1. The Kier molecular flexibility index (Phi) is 9.55. The Balaban J connectivity index is 0.00000300. The highest BCUT2D eigenvalue weighted by atomic mass is 127. The molecule has 1 aliphatic heterocycles. The third-order valence-corrected chi connectivity index (χ3v) is 4.20. The van der Waals surface area contributed by atoms with Crippen molar-refractivity contribution >= 4 is 35.8 Å². The fraction of sp³-hybridized carbons (Fsp3) is 0.333. The normalized spacial score (nSPS) is 12.1. The molecule has 1 amide bonds. The number of aliphatic imine (C=N–C) groups is 1. The number of carbonyl (C=O) groups is 1. The molecule has 0 aromatic heterocycles. The van der Waals surface area contributed by atoms with Gasteiger partial charge in [-0.15, -0.1) is 24.0 Å². The van der Waals surface area contributed by atoms with Crippen molar-refractivity contribution in [3.8, 4) is 11.5 Å². The van der Waals surface area contributed by atoms with Gasteiger partial charge in [-0.05, 0) is 36.6 Å². The molecular weight excluding hydrogens is 483 g/mol. The molecule has 2 aromatic carbocycles. The average molecular weight is 510 g/mol. The van der Waals surface area contributed by atoms with Crippen molar-refractivity contribution in [2.75, 3.05) is 26.4 Å². The molecule has 8 heteroatoms. The highest BCUT2D eigenvalue weighted by Crippen LogP contribution is 2.32. The molecule has 29 heavy (non-hydrogen) atoms. The van der Waals surface area contributed by atoms with Crippen molar-refractivity contribution in [1.82, 2.24) is 16.0 Å². The monoisotopic (exact) mass is 510 g/mol. The maximum absolute atomic E-state index is 12.1. The van der Waals surface area contributed by atoms with Crippen molar-refractivity contribution in [2.24, 2.45) is 4.99 Å². The maximum atomic E-state index is 12.1. The molecule has 2 aromatic rings. The van der Waals surface area contributed by atoms with Gasteiger partial charge in [-0.25, -0.2) is 4.99 Å². The Bertz CT molecular complexity index is 815. The molecule has 1 aliphatic rings. The van der Waals surface area contributed by atoms with E-state index in [0.29, 0.717) is 25.6 Å². The Morgan fingerprint density at radius 2 is 1.79 bits per heavy atom. The summed E-state index contributed by atoms with van der Waals surface area (Å²) in [5.41, 5.74) is 2.21. The van der Waals surface area contributed by atoms with Gasteiger partial charge in [0.05, 0.1) is 13.1 Å². The van der Waals surface area contributed by atoms with Crippen LogP contribution in [0.2, 0.25) is 0 Å². The first-order valence-electron chi connectivity index (χ1n) is 9.46. The van der Waals surface area contributed by atoms with E-state index in [9.17, 15) is 4.79 Å². The summed E-state index contributed by atoms with van der Waals surface area (Å²) in [6, 6.07) is 15.8. The molecule has 0 spiro atoms. The lowest BCUT2D eigenvalue weighted by Crippen LogP contribution is -2.43. The molecule has 3 N–H and O–H groups in total. The highest BCUT2D eigenvalue weighted by molar-refractivity contribution is 14.0. The standard InChI is InChI=1S/C21H26N4O3.HI/c1-2-22-21(24-13-17-8-9-18-19(12-17)28-15-27-18)25-14-20(26)23-11-10-16-6-4-3-5-7-16;/h3-9,12H,2,10-11,13-15H2,1H3,(H,23,26)(H2,22,24,25);1H. The van der Waals surface area contributed by atoms with E-state index in [2.05, 4.69) is 33.1 Å². The largest absolute Gasteiger partial charge is 0.454 e. The van der Waals surface area contributed by atoms with E-state index in [1.54, 1.807) is 0 Å². The van der Waals surface area contributed by atoms with Gasteiger partial charge in [0.1, 0.15) is 0 Å². The van der Waals surface area contributed by atoms with Crippen molar-refractivity contribution in [3.05, 3.63) is 59.7 Å². The topological polar surface area (TPSA) is 84.0 Å². The Labute approximate surface area is 188 Å². The van der Waals surface area contributed by atoms with Gasteiger partial charge in [-0.2, -0.15) is 0 Å². The van der Waals surface area contributed by atoms with Gasteiger partial charge in [0.25, 0.3) is 0 Å². The minimum atomic E-state index is -0.0652. The first kappa shape index (κ1) is 22.8. The van der Waals surface area contributed by atoms with E-state index in [-0.39, 0.29) is 43.2 Å². The molecule has 0 saturated carbocycles. The number of fused-ring (bicyclic) bond motifs is 1. The number of hydrogen-bond acceptors (Lipinski definition) is 4. The summed E-state index contributed by atoms with van der Waals surface area (Å²) in [6.07, 6.45) is 0.810. The van der Waals surface area contributed by atoms with Gasteiger partial charge in [0.15, 0.2) is 17.5 Å². The summed E-state index contributed by atoms with van der Waals surface area (Å²) >= 11 is 0. The van der Waals surface area contributed by atoms with Gasteiger partial charge in [0.2, 0.25) is 12.7 Å². The van der Waals surface area contributed by atoms with Gasteiger partial charge in [-0.1, -0.05) is 36.4 Å². The number of amides is 1. The minimum Gasteiger partial charge on any atom is -0.454 e. The van der Waals surface area contributed by atoms with Crippen molar-refractivity contribution in [2.45, 2.75) is 19.9 Å². The summed E-state index contributed by atoms with van der Waals surface area (Å²) in [4.78, 5) is 16.6. The van der Waals surface area contributed by atoms with E-state index >= 15 is 0 Å². The fourth-order valence-electron chi connectivity index (χ4n) is 2.77. The molecule has 7 nitrogen and oxygen atoms in total. The molecule has 0 atom stereocenters. The second-order valence-electron chi connectivity index (χ2n) is 6.32. The van der Waals surface area contributed by atoms with E-state index in [0.717, 1.165) is 23.5 Å². The zero-order chi connectivity index (χ0) is 19.6. The zero-order valence-corrected chi connectivity index (χ0v) is 18.8. The molecule has 0 aliphatic carbocycles. The predicted molar refractivity (Wildman–Crippen MR) is 124 cm³/mol. The van der Waals surface area contributed by atoms with Crippen LogP contribution < -0.4 is 25.4 Å². The molecule has 0 fully saturated rings. The SMILES string of the molecule is CCNC(=NCc1ccc2c(c1)OCO2)NCC(=O)NCCc1ccccc1.I. The summed E-state index contributed by atoms with van der Waals surface area (Å²) in [5, 5.41) is 9.12. The summed E-state index contributed by atoms with van der Waals surface area (Å²) < 4.78 is 10.7. The third kappa shape index (κ3) is 7.45. The van der Waals surface area contributed by atoms with Crippen LogP contribution in [0.15, 0.2) is 53.5 Å². The van der Waals surface area contributed by atoms with E-state index in [1.165, 1.54) is 5.56 Å². The summed E-state index contributed by atoms with van der Waals surface area (Å²) in [5.74, 6) is 2.02. The van der Waals surface area contributed by atoms with E-state index in [4.69, 9.17) is 9.47 Å². The first-order valence-corrected chi connectivity index (χ1v) is 9.46. The molecule has 156 valence electrons. The molecule has 0 bridgehead atoms. The number of nitrogens with one attached hydrogen (secondary N) is 3.